The number of likely N-dealkylation sites (tertiary alicyclic amines) is 1. The first-order valence-electron chi connectivity index (χ1n) is 10.3. The number of carbonyl (C=O) groups is 1. The van der Waals surface area contributed by atoms with E-state index in [1.807, 2.05) is 6.07 Å². The smallest absolute Gasteiger partial charge is 0.242 e. The number of nitrogens with zero attached hydrogens (tertiary/aromatic N) is 1. The average molecular weight is 435 g/mol. The molecule has 1 amide bonds. The Balaban J connectivity index is 1.61. The number of benzene rings is 2. The van der Waals surface area contributed by atoms with Crippen molar-refractivity contribution < 1.29 is 9.18 Å². The van der Waals surface area contributed by atoms with Crippen LogP contribution in [0.4, 0.5) is 10.1 Å². The van der Waals surface area contributed by atoms with Gasteiger partial charge < -0.3 is 5.32 Å². The number of nitrogens with one attached hydrogen (secondary N) is 1. The zero-order valence-corrected chi connectivity index (χ0v) is 17.7. The number of hydrogen-bond donors (Lipinski definition) is 1. The quantitative estimate of drug-likeness (QED) is 0.614. The van der Waals surface area contributed by atoms with Gasteiger partial charge >= 0.3 is 0 Å². The first-order chi connectivity index (χ1) is 14.0. The molecule has 2 aromatic carbocycles. The van der Waals surface area contributed by atoms with Gasteiger partial charge in [0.2, 0.25) is 5.91 Å². The third-order valence-electron chi connectivity index (χ3n) is 6.21. The van der Waals surface area contributed by atoms with Gasteiger partial charge in [0.05, 0.1) is 11.1 Å². The summed E-state index contributed by atoms with van der Waals surface area (Å²) in [5.74, 6) is -0.150. The van der Waals surface area contributed by atoms with E-state index in [1.54, 1.807) is 36.4 Å². The second kappa shape index (κ2) is 9.03. The van der Waals surface area contributed by atoms with Crippen LogP contribution in [0.2, 0.25) is 10.0 Å². The van der Waals surface area contributed by atoms with E-state index in [0.717, 1.165) is 19.5 Å². The number of carbonyl (C=O) groups excluding carboxylic acids is 1. The van der Waals surface area contributed by atoms with Crippen molar-refractivity contribution in [2.75, 3.05) is 18.4 Å². The van der Waals surface area contributed by atoms with Crippen LogP contribution in [0, 0.1) is 11.7 Å². The molecule has 2 aromatic rings. The Bertz CT molecular complexity index is 885. The number of hydrogen-bond acceptors (Lipinski definition) is 2. The normalized spacial score (nSPS) is 22.9. The van der Waals surface area contributed by atoms with Gasteiger partial charge in [-0.3, -0.25) is 9.69 Å². The summed E-state index contributed by atoms with van der Waals surface area (Å²) in [5, 5.41) is 3.66. The SMILES string of the molecule is O=C(Nc1cccc(Cl)c1)C1C(c2cccc(Cl)c2F)CCN1CC1CCCC1. The van der Waals surface area contributed by atoms with Crippen LogP contribution in [0.3, 0.4) is 0 Å². The zero-order chi connectivity index (χ0) is 20.4. The predicted molar refractivity (Wildman–Crippen MR) is 116 cm³/mol. The van der Waals surface area contributed by atoms with E-state index < -0.39 is 11.9 Å². The number of amides is 1. The molecule has 2 fully saturated rings. The lowest BCUT2D eigenvalue weighted by Gasteiger charge is -2.29. The van der Waals surface area contributed by atoms with Crippen LogP contribution < -0.4 is 5.32 Å². The first kappa shape index (κ1) is 20.6. The van der Waals surface area contributed by atoms with Gasteiger partial charge in [-0.25, -0.2) is 4.39 Å². The van der Waals surface area contributed by atoms with E-state index in [-0.39, 0.29) is 16.8 Å². The number of anilines is 1. The van der Waals surface area contributed by atoms with E-state index in [1.165, 1.54) is 25.7 Å². The Kier molecular flexibility index (Phi) is 6.43. The maximum Gasteiger partial charge on any atom is 0.242 e. The minimum Gasteiger partial charge on any atom is -0.325 e. The van der Waals surface area contributed by atoms with Crippen molar-refractivity contribution in [1.29, 1.82) is 0 Å². The predicted octanol–water partition coefficient (Wildman–Crippen LogP) is 6.12. The van der Waals surface area contributed by atoms with Crippen LogP contribution in [-0.4, -0.2) is 29.9 Å². The van der Waals surface area contributed by atoms with Gasteiger partial charge in [0, 0.05) is 23.2 Å². The van der Waals surface area contributed by atoms with Crippen LogP contribution in [0.15, 0.2) is 42.5 Å². The summed E-state index contributed by atoms with van der Waals surface area (Å²) in [6.45, 7) is 1.66. The zero-order valence-electron chi connectivity index (χ0n) is 16.2. The molecule has 2 aliphatic rings. The molecular formula is C23H25Cl2FN2O. The van der Waals surface area contributed by atoms with E-state index in [4.69, 9.17) is 23.2 Å². The summed E-state index contributed by atoms with van der Waals surface area (Å²) in [5.41, 5.74) is 1.18. The van der Waals surface area contributed by atoms with Crippen LogP contribution in [0.25, 0.3) is 0 Å². The fourth-order valence-corrected chi connectivity index (χ4v) is 5.22. The summed E-state index contributed by atoms with van der Waals surface area (Å²) in [7, 11) is 0. The lowest BCUT2D eigenvalue weighted by molar-refractivity contribution is -0.120. The van der Waals surface area contributed by atoms with Crippen molar-refractivity contribution >= 4 is 34.8 Å². The fraction of sp³-hybridized carbons (Fsp3) is 0.435. The molecule has 0 radical (unpaired) electrons. The number of halogens is 3. The van der Waals surface area contributed by atoms with Gasteiger partial charge in [-0.15, -0.1) is 0 Å². The molecule has 1 N–H and O–H groups in total. The minimum atomic E-state index is -0.428. The summed E-state index contributed by atoms with van der Waals surface area (Å²) in [6.07, 6.45) is 5.65. The van der Waals surface area contributed by atoms with Crippen LogP contribution >= 0.6 is 23.2 Å². The molecule has 2 unspecified atom stereocenters. The highest BCUT2D eigenvalue weighted by molar-refractivity contribution is 6.31. The van der Waals surface area contributed by atoms with Crippen molar-refractivity contribution in [3.8, 4) is 0 Å². The molecule has 3 nitrogen and oxygen atoms in total. The summed E-state index contributed by atoms with van der Waals surface area (Å²) in [6, 6.07) is 11.7. The van der Waals surface area contributed by atoms with Gasteiger partial charge in [-0.1, -0.05) is 54.2 Å². The van der Waals surface area contributed by atoms with Crippen LogP contribution in [-0.2, 0) is 4.79 Å². The molecule has 1 aliphatic carbocycles. The topological polar surface area (TPSA) is 32.3 Å². The molecule has 0 aromatic heterocycles. The van der Waals surface area contributed by atoms with Gasteiger partial charge in [0.25, 0.3) is 0 Å². The highest BCUT2D eigenvalue weighted by atomic mass is 35.5. The van der Waals surface area contributed by atoms with Crippen molar-refractivity contribution in [3.63, 3.8) is 0 Å². The van der Waals surface area contributed by atoms with E-state index in [2.05, 4.69) is 10.2 Å². The molecule has 29 heavy (non-hydrogen) atoms. The van der Waals surface area contributed by atoms with Crippen molar-refractivity contribution in [3.05, 3.63) is 63.9 Å². The largest absolute Gasteiger partial charge is 0.325 e. The van der Waals surface area contributed by atoms with E-state index in [0.29, 0.717) is 22.2 Å². The Morgan fingerprint density at radius 1 is 1.10 bits per heavy atom. The molecule has 1 aliphatic heterocycles. The molecule has 4 rings (SSSR count). The molecule has 154 valence electrons. The Morgan fingerprint density at radius 3 is 2.62 bits per heavy atom. The van der Waals surface area contributed by atoms with Gasteiger partial charge in [-0.05, 0) is 61.6 Å². The third-order valence-corrected chi connectivity index (χ3v) is 6.74. The first-order valence-corrected chi connectivity index (χ1v) is 11.0. The molecule has 6 heteroatoms. The van der Waals surface area contributed by atoms with Crippen LogP contribution in [0.1, 0.15) is 43.6 Å². The second-order valence-electron chi connectivity index (χ2n) is 8.13. The summed E-state index contributed by atoms with van der Waals surface area (Å²) < 4.78 is 14.8. The Labute approximate surface area is 181 Å². The third kappa shape index (κ3) is 4.60. The fourth-order valence-electron chi connectivity index (χ4n) is 4.85. The van der Waals surface area contributed by atoms with Crippen LogP contribution in [0.5, 0.6) is 0 Å². The Morgan fingerprint density at radius 2 is 1.86 bits per heavy atom. The van der Waals surface area contributed by atoms with Gasteiger partial charge in [0.1, 0.15) is 5.82 Å². The van der Waals surface area contributed by atoms with E-state index >= 15 is 0 Å². The summed E-state index contributed by atoms with van der Waals surface area (Å²) in [4.78, 5) is 15.6. The van der Waals surface area contributed by atoms with Gasteiger partial charge in [-0.2, -0.15) is 0 Å². The average Bonchev–Trinajstić information content (AvgIpc) is 3.34. The molecule has 2 atom stereocenters. The maximum absolute atomic E-state index is 14.8. The second-order valence-corrected chi connectivity index (χ2v) is 8.97. The Hall–Kier alpha value is -1.62. The number of rotatable bonds is 5. The van der Waals surface area contributed by atoms with E-state index in [9.17, 15) is 9.18 Å². The standard InChI is InChI=1S/C23H25Cl2FN2O/c24-16-7-3-8-17(13-16)27-23(29)22-19(18-9-4-10-20(25)21(18)26)11-12-28(22)14-15-5-1-2-6-15/h3-4,7-10,13,15,19,22H,1-2,5-6,11-12,14H2,(H,27,29). The van der Waals surface area contributed by atoms with Crippen molar-refractivity contribution in [2.45, 2.75) is 44.1 Å². The lowest BCUT2D eigenvalue weighted by atomic mass is 9.90. The molecule has 1 saturated carbocycles. The highest BCUT2D eigenvalue weighted by Crippen LogP contribution is 2.39. The molecule has 1 saturated heterocycles. The molecular weight excluding hydrogens is 410 g/mol. The highest BCUT2D eigenvalue weighted by Gasteiger charge is 2.42. The molecule has 0 spiro atoms. The van der Waals surface area contributed by atoms with Gasteiger partial charge in [0.15, 0.2) is 0 Å². The van der Waals surface area contributed by atoms with Crippen molar-refractivity contribution in [2.24, 2.45) is 5.92 Å². The lowest BCUT2D eigenvalue weighted by Crippen LogP contribution is -2.44. The summed E-state index contributed by atoms with van der Waals surface area (Å²) >= 11 is 12.1. The maximum atomic E-state index is 14.8. The molecule has 0 bridgehead atoms. The van der Waals surface area contributed by atoms with Crippen molar-refractivity contribution in [1.82, 2.24) is 4.90 Å². The molecule has 1 heterocycles. The monoisotopic (exact) mass is 434 g/mol. The minimum absolute atomic E-state index is 0.103.